The zero-order chi connectivity index (χ0) is 16.0. The average molecular weight is 314 g/mol. The largest absolute Gasteiger partial charge is 0.383 e. The van der Waals surface area contributed by atoms with Crippen molar-refractivity contribution in [3.05, 3.63) is 0 Å². The van der Waals surface area contributed by atoms with Gasteiger partial charge in [0.1, 0.15) is 0 Å². The lowest BCUT2D eigenvalue weighted by molar-refractivity contribution is 0.121. The van der Waals surface area contributed by atoms with Crippen molar-refractivity contribution >= 4 is 5.96 Å². The fraction of sp³-hybridized carbons (Fsp3) is 0.938. The molecule has 0 aromatic rings. The number of likely N-dealkylation sites (tertiary alicyclic amines) is 1. The third kappa shape index (κ3) is 8.56. The SMILES string of the molecule is CCNC(=NCC1CCN(CCOC)CC1)NCCOCC. The molecule has 6 nitrogen and oxygen atoms in total. The van der Waals surface area contributed by atoms with Crippen LogP contribution in [0.1, 0.15) is 26.7 Å². The predicted octanol–water partition coefficient (Wildman–Crippen LogP) is 0.936. The smallest absolute Gasteiger partial charge is 0.191 e. The number of nitrogens with one attached hydrogen (secondary N) is 2. The summed E-state index contributed by atoms with van der Waals surface area (Å²) in [7, 11) is 1.77. The molecule has 1 fully saturated rings. The van der Waals surface area contributed by atoms with Gasteiger partial charge < -0.3 is 25.0 Å². The minimum absolute atomic E-state index is 0.696. The summed E-state index contributed by atoms with van der Waals surface area (Å²) in [6.45, 7) is 12.4. The van der Waals surface area contributed by atoms with Crippen LogP contribution in [-0.2, 0) is 9.47 Å². The summed E-state index contributed by atoms with van der Waals surface area (Å²) >= 11 is 0. The van der Waals surface area contributed by atoms with E-state index in [1.165, 1.54) is 12.8 Å². The van der Waals surface area contributed by atoms with Crippen molar-refractivity contribution in [2.75, 3.05) is 66.2 Å². The number of ether oxygens (including phenoxy) is 2. The van der Waals surface area contributed by atoms with E-state index in [4.69, 9.17) is 14.5 Å². The van der Waals surface area contributed by atoms with E-state index in [2.05, 4.69) is 22.5 Å². The van der Waals surface area contributed by atoms with Gasteiger partial charge in [0, 0.05) is 39.9 Å². The predicted molar refractivity (Wildman–Crippen MR) is 91.5 cm³/mol. The van der Waals surface area contributed by atoms with Crippen molar-refractivity contribution in [3.8, 4) is 0 Å². The number of rotatable bonds is 10. The van der Waals surface area contributed by atoms with Crippen LogP contribution in [0.2, 0.25) is 0 Å². The molecule has 2 N–H and O–H groups in total. The first kappa shape index (κ1) is 19.2. The normalized spacial score (nSPS) is 17.7. The summed E-state index contributed by atoms with van der Waals surface area (Å²) in [5.74, 6) is 1.60. The van der Waals surface area contributed by atoms with Crippen molar-refractivity contribution in [2.45, 2.75) is 26.7 Å². The number of guanidine groups is 1. The van der Waals surface area contributed by atoms with Gasteiger partial charge in [0.05, 0.1) is 13.2 Å². The maximum absolute atomic E-state index is 5.34. The van der Waals surface area contributed by atoms with Gasteiger partial charge in [0.2, 0.25) is 0 Å². The number of methoxy groups -OCH3 is 1. The van der Waals surface area contributed by atoms with Crippen LogP contribution in [0.3, 0.4) is 0 Å². The monoisotopic (exact) mass is 314 g/mol. The summed E-state index contributed by atoms with van der Waals surface area (Å²) in [6, 6.07) is 0. The van der Waals surface area contributed by atoms with Gasteiger partial charge in [-0.1, -0.05) is 0 Å². The molecule has 0 aromatic heterocycles. The van der Waals surface area contributed by atoms with Crippen molar-refractivity contribution in [2.24, 2.45) is 10.9 Å². The van der Waals surface area contributed by atoms with Crippen molar-refractivity contribution < 1.29 is 9.47 Å². The minimum atomic E-state index is 0.696. The third-order valence-corrected chi connectivity index (χ3v) is 3.91. The molecule has 0 saturated carbocycles. The number of aliphatic imine (C=N–C) groups is 1. The van der Waals surface area contributed by atoms with Gasteiger partial charge in [-0.3, -0.25) is 4.99 Å². The van der Waals surface area contributed by atoms with Crippen LogP contribution in [0.4, 0.5) is 0 Å². The second kappa shape index (κ2) is 12.7. The highest BCUT2D eigenvalue weighted by molar-refractivity contribution is 5.79. The van der Waals surface area contributed by atoms with Crippen LogP contribution >= 0.6 is 0 Å². The van der Waals surface area contributed by atoms with Gasteiger partial charge in [-0.25, -0.2) is 0 Å². The molecule has 130 valence electrons. The molecule has 1 heterocycles. The summed E-state index contributed by atoms with van der Waals surface area (Å²) < 4.78 is 10.5. The van der Waals surface area contributed by atoms with E-state index < -0.39 is 0 Å². The Morgan fingerprint density at radius 3 is 2.59 bits per heavy atom. The molecule has 0 radical (unpaired) electrons. The average Bonchev–Trinajstić information content (AvgIpc) is 2.55. The zero-order valence-electron chi connectivity index (χ0n) is 14.6. The van der Waals surface area contributed by atoms with Crippen LogP contribution in [0.5, 0.6) is 0 Å². The van der Waals surface area contributed by atoms with E-state index in [1.54, 1.807) is 7.11 Å². The van der Waals surface area contributed by atoms with Crippen molar-refractivity contribution in [1.82, 2.24) is 15.5 Å². The molecule has 1 rings (SSSR count). The molecular weight excluding hydrogens is 280 g/mol. The summed E-state index contributed by atoms with van der Waals surface area (Å²) in [5.41, 5.74) is 0. The standard InChI is InChI=1S/C16H34N4O2/c1-4-17-16(18-8-12-22-5-2)19-14-15-6-9-20(10-7-15)11-13-21-3/h15H,4-14H2,1-3H3,(H2,17,18,19). The topological polar surface area (TPSA) is 58.1 Å². The van der Waals surface area contributed by atoms with Gasteiger partial charge in [-0.05, 0) is 45.7 Å². The molecule has 1 aliphatic rings. The second-order valence-corrected chi connectivity index (χ2v) is 5.62. The van der Waals surface area contributed by atoms with Gasteiger partial charge in [0.15, 0.2) is 5.96 Å². The Morgan fingerprint density at radius 2 is 1.95 bits per heavy atom. The molecule has 22 heavy (non-hydrogen) atoms. The van der Waals surface area contributed by atoms with Gasteiger partial charge >= 0.3 is 0 Å². The molecule has 0 atom stereocenters. The molecule has 1 saturated heterocycles. The maximum Gasteiger partial charge on any atom is 0.191 e. The summed E-state index contributed by atoms with van der Waals surface area (Å²) in [4.78, 5) is 7.20. The fourth-order valence-corrected chi connectivity index (χ4v) is 2.56. The molecule has 1 aliphatic heterocycles. The highest BCUT2D eigenvalue weighted by Gasteiger charge is 2.18. The number of hydrogen-bond donors (Lipinski definition) is 2. The Kier molecular flexibility index (Phi) is 11.1. The molecule has 0 bridgehead atoms. The van der Waals surface area contributed by atoms with Crippen molar-refractivity contribution in [1.29, 1.82) is 0 Å². The van der Waals surface area contributed by atoms with E-state index in [0.29, 0.717) is 5.92 Å². The first-order valence-corrected chi connectivity index (χ1v) is 8.61. The zero-order valence-corrected chi connectivity index (χ0v) is 14.6. The highest BCUT2D eigenvalue weighted by Crippen LogP contribution is 2.17. The molecule has 0 aromatic carbocycles. The molecule has 0 aliphatic carbocycles. The minimum Gasteiger partial charge on any atom is -0.383 e. The van der Waals surface area contributed by atoms with Crippen LogP contribution in [0, 0.1) is 5.92 Å². The molecule has 6 heteroatoms. The lowest BCUT2D eigenvalue weighted by Gasteiger charge is -2.31. The van der Waals surface area contributed by atoms with Gasteiger partial charge in [-0.15, -0.1) is 0 Å². The Bertz CT molecular complexity index is 292. The first-order valence-electron chi connectivity index (χ1n) is 8.61. The molecule has 0 amide bonds. The first-order chi connectivity index (χ1) is 10.8. The van der Waals surface area contributed by atoms with E-state index in [1.807, 2.05) is 6.92 Å². The van der Waals surface area contributed by atoms with E-state index >= 15 is 0 Å². The number of piperidine rings is 1. The van der Waals surface area contributed by atoms with E-state index in [9.17, 15) is 0 Å². The second-order valence-electron chi connectivity index (χ2n) is 5.62. The van der Waals surface area contributed by atoms with E-state index in [0.717, 1.165) is 65.0 Å². The number of nitrogens with zero attached hydrogens (tertiary/aromatic N) is 2. The van der Waals surface area contributed by atoms with E-state index in [-0.39, 0.29) is 0 Å². The fourth-order valence-electron chi connectivity index (χ4n) is 2.56. The summed E-state index contributed by atoms with van der Waals surface area (Å²) in [6.07, 6.45) is 2.46. The Balaban J connectivity index is 2.25. The Hall–Kier alpha value is -0.850. The maximum atomic E-state index is 5.34. The third-order valence-electron chi connectivity index (χ3n) is 3.91. The molecule has 0 spiro atoms. The molecule has 0 unspecified atom stereocenters. The van der Waals surface area contributed by atoms with Crippen LogP contribution in [0.25, 0.3) is 0 Å². The Labute approximate surface area is 135 Å². The van der Waals surface area contributed by atoms with Gasteiger partial charge in [-0.2, -0.15) is 0 Å². The van der Waals surface area contributed by atoms with Crippen LogP contribution in [-0.4, -0.2) is 77.1 Å². The highest BCUT2D eigenvalue weighted by atomic mass is 16.5. The quantitative estimate of drug-likeness (QED) is 0.357. The number of hydrogen-bond acceptors (Lipinski definition) is 4. The van der Waals surface area contributed by atoms with Gasteiger partial charge in [0.25, 0.3) is 0 Å². The lowest BCUT2D eigenvalue weighted by atomic mass is 9.97. The van der Waals surface area contributed by atoms with Crippen molar-refractivity contribution in [3.63, 3.8) is 0 Å². The lowest BCUT2D eigenvalue weighted by Crippen LogP contribution is -2.40. The van der Waals surface area contributed by atoms with Crippen LogP contribution < -0.4 is 10.6 Å². The molecular formula is C16H34N4O2. The Morgan fingerprint density at radius 1 is 1.18 bits per heavy atom. The summed E-state index contributed by atoms with van der Waals surface area (Å²) in [5, 5.41) is 6.61. The van der Waals surface area contributed by atoms with Crippen LogP contribution in [0.15, 0.2) is 4.99 Å².